The molecule has 6 heteroatoms. The molecule has 2 aromatic heterocycles. The van der Waals surface area contributed by atoms with E-state index in [1.54, 1.807) is 22.7 Å². The summed E-state index contributed by atoms with van der Waals surface area (Å²) in [5.41, 5.74) is 3.25. The first-order valence-corrected chi connectivity index (χ1v) is 9.68. The molecular weight excluding hydrogens is 352 g/mol. The average Bonchev–Trinajstić information content (AvgIpc) is 3.19. The summed E-state index contributed by atoms with van der Waals surface area (Å²) >= 11 is 3.29. The van der Waals surface area contributed by atoms with Crippen LogP contribution in [0.5, 0.6) is 5.75 Å². The second-order valence-electron chi connectivity index (χ2n) is 5.91. The maximum atomic E-state index is 12.0. The summed E-state index contributed by atoms with van der Waals surface area (Å²) in [4.78, 5) is 18.7. The highest BCUT2D eigenvalue weighted by atomic mass is 32.1. The molecule has 2 heterocycles. The summed E-state index contributed by atoms with van der Waals surface area (Å²) in [5, 5.41) is 6.01. The molecule has 130 valence electrons. The molecule has 0 atom stereocenters. The number of aromatic nitrogens is 1. The molecule has 0 saturated carbocycles. The van der Waals surface area contributed by atoms with E-state index in [0.29, 0.717) is 6.54 Å². The molecule has 3 rings (SSSR count). The Balaban J connectivity index is 1.50. The van der Waals surface area contributed by atoms with Crippen molar-refractivity contribution in [1.82, 2.24) is 10.3 Å². The Morgan fingerprint density at radius 3 is 2.60 bits per heavy atom. The summed E-state index contributed by atoms with van der Waals surface area (Å²) in [6, 6.07) is 10.0. The summed E-state index contributed by atoms with van der Waals surface area (Å²) in [6.07, 6.45) is 0. The van der Waals surface area contributed by atoms with Crippen LogP contribution < -0.4 is 10.1 Å². The van der Waals surface area contributed by atoms with Crippen molar-refractivity contribution in [3.63, 3.8) is 0 Å². The maximum absolute atomic E-state index is 12.0. The van der Waals surface area contributed by atoms with E-state index in [1.165, 1.54) is 0 Å². The lowest BCUT2D eigenvalue weighted by Gasteiger charge is -2.08. The van der Waals surface area contributed by atoms with Crippen molar-refractivity contribution in [2.45, 2.75) is 27.3 Å². The fourth-order valence-corrected chi connectivity index (χ4v) is 4.08. The zero-order chi connectivity index (χ0) is 17.8. The normalized spacial score (nSPS) is 10.7. The first-order chi connectivity index (χ1) is 12.0. The van der Waals surface area contributed by atoms with Crippen LogP contribution in [0.4, 0.5) is 0 Å². The largest absolute Gasteiger partial charge is 0.484 e. The molecule has 25 heavy (non-hydrogen) atoms. The lowest BCUT2D eigenvalue weighted by atomic mass is 10.1. The van der Waals surface area contributed by atoms with Gasteiger partial charge < -0.3 is 10.1 Å². The fourth-order valence-electron chi connectivity index (χ4n) is 2.49. The van der Waals surface area contributed by atoms with E-state index >= 15 is 0 Å². The molecular formula is C19H20N2O2S2. The quantitative estimate of drug-likeness (QED) is 0.693. The Labute approximate surface area is 155 Å². The third-order valence-electron chi connectivity index (χ3n) is 3.56. The summed E-state index contributed by atoms with van der Waals surface area (Å²) in [7, 11) is 0. The van der Waals surface area contributed by atoms with E-state index in [-0.39, 0.29) is 12.5 Å². The predicted molar refractivity (Wildman–Crippen MR) is 103 cm³/mol. The number of thiazole rings is 1. The Bertz CT molecular complexity index is 863. The molecule has 0 aliphatic rings. The monoisotopic (exact) mass is 372 g/mol. The SMILES string of the molecule is Cc1cc(C)cc(OCC(=O)NCc2ccc(-c3csc(C)n3)s2)c1. The molecule has 0 spiro atoms. The van der Waals surface area contributed by atoms with Gasteiger partial charge in [0.2, 0.25) is 0 Å². The van der Waals surface area contributed by atoms with Gasteiger partial charge in [-0.2, -0.15) is 0 Å². The number of thiophene rings is 1. The summed E-state index contributed by atoms with van der Waals surface area (Å²) < 4.78 is 5.58. The Kier molecular flexibility index (Phi) is 5.50. The molecule has 0 bridgehead atoms. The zero-order valence-corrected chi connectivity index (χ0v) is 16.1. The minimum atomic E-state index is -0.126. The Morgan fingerprint density at radius 1 is 1.16 bits per heavy atom. The minimum absolute atomic E-state index is 0.0202. The highest BCUT2D eigenvalue weighted by molar-refractivity contribution is 7.16. The molecule has 4 nitrogen and oxygen atoms in total. The van der Waals surface area contributed by atoms with E-state index in [9.17, 15) is 4.79 Å². The number of carbonyl (C=O) groups is 1. The second kappa shape index (κ2) is 7.80. The van der Waals surface area contributed by atoms with Crippen LogP contribution in [0, 0.1) is 20.8 Å². The molecule has 0 radical (unpaired) electrons. The van der Waals surface area contributed by atoms with Crippen LogP contribution in [-0.2, 0) is 11.3 Å². The van der Waals surface area contributed by atoms with Crippen molar-refractivity contribution in [3.8, 4) is 16.3 Å². The van der Waals surface area contributed by atoms with Crippen molar-refractivity contribution < 1.29 is 9.53 Å². The second-order valence-corrected chi connectivity index (χ2v) is 8.14. The fraction of sp³-hybridized carbons (Fsp3) is 0.263. The van der Waals surface area contributed by atoms with Gasteiger partial charge >= 0.3 is 0 Å². The van der Waals surface area contributed by atoms with E-state index in [2.05, 4.69) is 21.7 Å². The average molecular weight is 373 g/mol. The van der Waals surface area contributed by atoms with E-state index in [0.717, 1.165) is 37.3 Å². The smallest absolute Gasteiger partial charge is 0.258 e. The van der Waals surface area contributed by atoms with Gasteiger partial charge in [0.05, 0.1) is 22.1 Å². The van der Waals surface area contributed by atoms with Crippen LogP contribution in [0.2, 0.25) is 0 Å². The van der Waals surface area contributed by atoms with Gasteiger partial charge in [-0.1, -0.05) is 6.07 Å². The van der Waals surface area contributed by atoms with Gasteiger partial charge in [0.15, 0.2) is 6.61 Å². The molecule has 1 N–H and O–H groups in total. The van der Waals surface area contributed by atoms with Crippen LogP contribution in [-0.4, -0.2) is 17.5 Å². The number of benzene rings is 1. The van der Waals surface area contributed by atoms with Crippen LogP contribution >= 0.6 is 22.7 Å². The number of carbonyl (C=O) groups excluding carboxylic acids is 1. The standard InChI is InChI=1S/C19H20N2O2S2/c1-12-6-13(2)8-15(7-12)23-10-19(22)20-9-16-4-5-18(25-16)17-11-24-14(3)21-17/h4-8,11H,9-10H2,1-3H3,(H,20,22). The van der Waals surface area contributed by atoms with Crippen molar-refractivity contribution in [3.05, 3.63) is 56.7 Å². The molecule has 1 aromatic carbocycles. The Hall–Kier alpha value is -2.18. The number of aryl methyl sites for hydroxylation is 3. The molecule has 0 unspecified atom stereocenters. The number of nitrogens with zero attached hydrogens (tertiary/aromatic N) is 1. The molecule has 0 aliphatic carbocycles. The van der Waals surface area contributed by atoms with Gasteiger partial charge in [-0.15, -0.1) is 22.7 Å². The van der Waals surface area contributed by atoms with Crippen molar-refractivity contribution in [2.24, 2.45) is 0 Å². The number of amides is 1. The van der Waals surface area contributed by atoms with Gasteiger partial charge in [-0.25, -0.2) is 4.98 Å². The zero-order valence-electron chi connectivity index (χ0n) is 14.5. The van der Waals surface area contributed by atoms with Crippen molar-refractivity contribution in [1.29, 1.82) is 0 Å². The lowest BCUT2D eigenvalue weighted by Crippen LogP contribution is -2.28. The summed E-state index contributed by atoms with van der Waals surface area (Å²) in [5.74, 6) is 0.601. The van der Waals surface area contributed by atoms with Crippen LogP contribution in [0.15, 0.2) is 35.7 Å². The summed E-state index contributed by atoms with van der Waals surface area (Å²) in [6.45, 7) is 6.55. The lowest BCUT2D eigenvalue weighted by molar-refractivity contribution is -0.123. The van der Waals surface area contributed by atoms with Crippen LogP contribution in [0.1, 0.15) is 21.0 Å². The minimum Gasteiger partial charge on any atom is -0.484 e. The third-order valence-corrected chi connectivity index (χ3v) is 5.44. The highest BCUT2D eigenvalue weighted by Gasteiger charge is 2.08. The van der Waals surface area contributed by atoms with Crippen molar-refractivity contribution in [2.75, 3.05) is 6.61 Å². The van der Waals surface area contributed by atoms with Crippen molar-refractivity contribution >= 4 is 28.6 Å². The van der Waals surface area contributed by atoms with Gasteiger partial charge in [0.25, 0.3) is 5.91 Å². The number of hydrogen-bond acceptors (Lipinski definition) is 5. The molecule has 1 amide bonds. The van der Waals surface area contributed by atoms with Gasteiger partial charge in [-0.05, 0) is 56.2 Å². The first kappa shape index (κ1) is 17.6. The molecule has 3 aromatic rings. The van der Waals surface area contributed by atoms with Crippen LogP contribution in [0.25, 0.3) is 10.6 Å². The first-order valence-electron chi connectivity index (χ1n) is 7.98. The third kappa shape index (κ3) is 4.90. The Morgan fingerprint density at radius 2 is 1.92 bits per heavy atom. The number of ether oxygens (including phenoxy) is 1. The van der Waals surface area contributed by atoms with E-state index < -0.39 is 0 Å². The highest BCUT2D eigenvalue weighted by Crippen LogP contribution is 2.28. The topological polar surface area (TPSA) is 51.2 Å². The van der Waals surface area contributed by atoms with Gasteiger partial charge in [0.1, 0.15) is 5.75 Å². The molecule has 0 fully saturated rings. The van der Waals surface area contributed by atoms with Gasteiger partial charge in [0, 0.05) is 10.3 Å². The van der Waals surface area contributed by atoms with E-state index in [1.807, 2.05) is 45.0 Å². The molecule has 0 aliphatic heterocycles. The number of hydrogen-bond donors (Lipinski definition) is 1. The predicted octanol–water partition coefficient (Wildman–Crippen LogP) is 4.49. The van der Waals surface area contributed by atoms with Gasteiger partial charge in [-0.3, -0.25) is 4.79 Å². The van der Waals surface area contributed by atoms with Crippen LogP contribution in [0.3, 0.4) is 0 Å². The molecule has 0 saturated heterocycles. The number of rotatable bonds is 6. The maximum Gasteiger partial charge on any atom is 0.258 e. The van der Waals surface area contributed by atoms with E-state index in [4.69, 9.17) is 4.74 Å². The number of nitrogens with one attached hydrogen (secondary N) is 1.